The van der Waals surface area contributed by atoms with Crippen molar-refractivity contribution in [3.05, 3.63) is 0 Å². The van der Waals surface area contributed by atoms with Crippen LogP contribution in [0.25, 0.3) is 0 Å². The molecule has 1 saturated heterocycles. The summed E-state index contributed by atoms with van der Waals surface area (Å²) in [6.45, 7) is 5.33. The van der Waals surface area contributed by atoms with Crippen molar-refractivity contribution < 1.29 is 10.6 Å². The second-order valence-electron chi connectivity index (χ2n) is 2.09. The molecule has 2 heteroatoms. The van der Waals surface area contributed by atoms with Gasteiger partial charge in [-0.3, -0.25) is 0 Å². The number of rotatable bonds is 0. The minimum Gasteiger partial charge on any atom is -0.341 e. The smallest absolute Gasteiger partial charge is 0.125 e. The molecule has 2 nitrogen and oxygen atoms in total. The largest absolute Gasteiger partial charge is 0.341 e. The Kier molecular flexibility index (Phi) is 2.17. The molecule has 0 spiro atoms. The van der Waals surface area contributed by atoms with Gasteiger partial charge in [-0.2, -0.15) is 0 Å². The van der Waals surface area contributed by atoms with E-state index in [2.05, 4.69) is 10.6 Å². The molecule has 0 saturated carbocycles. The average molecular weight is 102 g/mol. The molecule has 1 heterocycles. The topological polar surface area (TPSA) is 33.2 Å². The first-order valence-electron chi connectivity index (χ1n) is 3.13. The van der Waals surface area contributed by atoms with E-state index in [1.807, 2.05) is 0 Å². The predicted molar refractivity (Wildman–Crippen MR) is 27.9 cm³/mol. The van der Waals surface area contributed by atoms with E-state index in [1.165, 1.54) is 32.6 Å². The molecule has 1 fully saturated rings. The van der Waals surface area contributed by atoms with Crippen LogP contribution in [0, 0.1) is 0 Å². The van der Waals surface area contributed by atoms with Crippen molar-refractivity contribution in [2.75, 3.05) is 26.2 Å². The number of hydrogen-bond acceptors (Lipinski definition) is 0. The van der Waals surface area contributed by atoms with E-state index in [9.17, 15) is 0 Å². The second kappa shape index (κ2) is 2.99. The Bertz CT molecular complexity index is 25.7. The minimum absolute atomic E-state index is 1.32. The van der Waals surface area contributed by atoms with Gasteiger partial charge in [-0.05, 0) is 0 Å². The lowest BCUT2D eigenvalue weighted by Crippen LogP contribution is -2.91. The standard InChI is InChI=1S/C5H12N2/c1-2-6-4-5-7-3-1/h6-7H,1-5H2/p+2. The summed E-state index contributed by atoms with van der Waals surface area (Å²) in [5.41, 5.74) is 0. The van der Waals surface area contributed by atoms with Crippen molar-refractivity contribution in [1.82, 2.24) is 0 Å². The highest BCUT2D eigenvalue weighted by Crippen LogP contribution is 1.60. The van der Waals surface area contributed by atoms with E-state index in [0.717, 1.165) is 0 Å². The van der Waals surface area contributed by atoms with E-state index in [1.54, 1.807) is 0 Å². The molecular weight excluding hydrogens is 88.1 g/mol. The van der Waals surface area contributed by atoms with E-state index in [0.29, 0.717) is 0 Å². The van der Waals surface area contributed by atoms with Gasteiger partial charge in [0.25, 0.3) is 0 Å². The van der Waals surface area contributed by atoms with Crippen LogP contribution in [0.15, 0.2) is 0 Å². The Balaban J connectivity index is 2.04. The molecule has 1 aliphatic rings. The van der Waals surface area contributed by atoms with Crippen LogP contribution < -0.4 is 10.6 Å². The molecule has 42 valence electrons. The van der Waals surface area contributed by atoms with E-state index >= 15 is 0 Å². The Hall–Kier alpha value is -0.0800. The van der Waals surface area contributed by atoms with Crippen molar-refractivity contribution >= 4 is 0 Å². The molecule has 1 rings (SSSR count). The van der Waals surface area contributed by atoms with Crippen molar-refractivity contribution in [3.8, 4) is 0 Å². The molecule has 0 aromatic rings. The maximum absolute atomic E-state index is 2.39. The first-order valence-corrected chi connectivity index (χ1v) is 3.13. The highest BCUT2D eigenvalue weighted by Gasteiger charge is 1.99. The first-order chi connectivity index (χ1) is 3.50. The quantitative estimate of drug-likeness (QED) is 0.339. The summed E-state index contributed by atoms with van der Waals surface area (Å²) >= 11 is 0. The van der Waals surface area contributed by atoms with Crippen LogP contribution in [0.1, 0.15) is 6.42 Å². The summed E-state index contributed by atoms with van der Waals surface area (Å²) < 4.78 is 0. The van der Waals surface area contributed by atoms with Gasteiger partial charge in [0.15, 0.2) is 0 Å². The van der Waals surface area contributed by atoms with Crippen molar-refractivity contribution in [3.63, 3.8) is 0 Å². The third-order valence-corrected chi connectivity index (χ3v) is 1.39. The van der Waals surface area contributed by atoms with Gasteiger partial charge < -0.3 is 10.6 Å². The number of hydrogen-bond donors (Lipinski definition) is 2. The van der Waals surface area contributed by atoms with Crippen LogP contribution in [0.2, 0.25) is 0 Å². The molecule has 0 amide bonds. The van der Waals surface area contributed by atoms with E-state index < -0.39 is 0 Å². The Labute approximate surface area is 44.3 Å². The summed E-state index contributed by atoms with van der Waals surface area (Å²) in [6.07, 6.45) is 1.39. The summed E-state index contributed by atoms with van der Waals surface area (Å²) in [7, 11) is 0. The fourth-order valence-electron chi connectivity index (χ4n) is 0.931. The zero-order valence-corrected chi connectivity index (χ0v) is 4.69. The van der Waals surface area contributed by atoms with Crippen LogP contribution in [-0.2, 0) is 0 Å². The molecule has 4 N–H and O–H groups in total. The molecular formula is C5H14N2+2. The lowest BCUT2D eigenvalue weighted by Gasteiger charge is -1.86. The molecule has 0 aliphatic carbocycles. The zero-order valence-electron chi connectivity index (χ0n) is 4.69. The summed E-state index contributed by atoms with van der Waals surface area (Å²) in [5.74, 6) is 0. The van der Waals surface area contributed by atoms with Gasteiger partial charge in [0, 0.05) is 6.42 Å². The summed E-state index contributed by atoms with van der Waals surface area (Å²) in [5, 5.41) is 4.78. The van der Waals surface area contributed by atoms with Crippen LogP contribution >= 0.6 is 0 Å². The second-order valence-corrected chi connectivity index (χ2v) is 2.09. The van der Waals surface area contributed by atoms with Gasteiger partial charge in [-0.1, -0.05) is 0 Å². The van der Waals surface area contributed by atoms with Gasteiger partial charge >= 0.3 is 0 Å². The average Bonchev–Trinajstić information content (AvgIpc) is 1.90. The highest BCUT2D eigenvalue weighted by atomic mass is 15.0. The van der Waals surface area contributed by atoms with Crippen molar-refractivity contribution in [1.29, 1.82) is 0 Å². The van der Waals surface area contributed by atoms with Gasteiger partial charge in [0.05, 0.1) is 13.1 Å². The third kappa shape index (κ3) is 1.90. The van der Waals surface area contributed by atoms with Gasteiger partial charge in [-0.15, -0.1) is 0 Å². The third-order valence-electron chi connectivity index (χ3n) is 1.39. The van der Waals surface area contributed by atoms with Gasteiger partial charge in [0.2, 0.25) is 0 Å². The molecule has 0 atom stereocenters. The maximum atomic E-state index is 2.39. The number of nitrogens with two attached hydrogens (primary N) is 2. The fourth-order valence-corrected chi connectivity index (χ4v) is 0.931. The van der Waals surface area contributed by atoms with Crippen LogP contribution in [-0.4, -0.2) is 26.2 Å². The lowest BCUT2D eigenvalue weighted by molar-refractivity contribution is -0.698. The molecule has 7 heavy (non-hydrogen) atoms. The summed E-state index contributed by atoms with van der Waals surface area (Å²) in [4.78, 5) is 0. The highest BCUT2D eigenvalue weighted by molar-refractivity contribution is 4.29. The molecule has 0 aromatic heterocycles. The molecule has 0 unspecified atom stereocenters. The predicted octanol–water partition coefficient (Wildman–Crippen LogP) is -2.48. The van der Waals surface area contributed by atoms with E-state index in [4.69, 9.17) is 0 Å². The Morgan fingerprint density at radius 3 is 1.86 bits per heavy atom. The lowest BCUT2D eigenvalue weighted by atomic mass is 10.4. The maximum Gasteiger partial charge on any atom is 0.125 e. The Morgan fingerprint density at radius 1 is 0.714 bits per heavy atom. The first kappa shape index (κ1) is 5.06. The molecule has 0 aromatic carbocycles. The van der Waals surface area contributed by atoms with Gasteiger partial charge in [-0.25, -0.2) is 0 Å². The SMILES string of the molecule is C1C[NH2+]CC[NH2+]C1. The normalized spacial score (nSPS) is 24.0. The molecule has 1 aliphatic heterocycles. The van der Waals surface area contributed by atoms with Crippen LogP contribution in [0.5, 0.6) is 0 Å². The minimum atomic E-state index is 1.32. The fraction of sp³-hybridized carbons (Fsp3) is 1.00. The molecule has 0 bridgehead atoms. The van der Waals surface area contributed by atoms with Crippen LogP contribution in [0.3, 0.4) is 0 Å². The van der Waals surface area contributed by atoms with Crippen molar-refractivity contribution in [2.24, 2.45) is 0 Å². The van der Waals surface area contributed by atoms with E-state index in [-0.39, 0.29) is 0 Å². The van der Waals surface area contributed by atoms with Crippen molar-refractivity contribution in [2.45, 2.75) is 6.42 Å². The zero-order chi connectivity index (χ0) is 4.95. The molecule has 0 radical (unpaired) electrons. The van der Waals surface area contributed by atoms with Crippen LogP contribution in [0.4, 0.5) is 0 Å². The van der Waals surface area contributed by atoms with Gasteiger partial charge in [0.1, 0.15) is 13.1 Å². The number of quaternary nitrogens is 2. The summed E-state index contributed by atoms with van der Waals surface area (Å²) in [6, 6.07) is 0. The Morgan fingerprint density at radius 2 is 1.29 bits per heavy atom. The monoisotopic (exact) mass is 102 g/mol.